The fraction of sp³-hybridized carbons (Fsp3) is 0.556. The maximum absolute atomic E-state index is 12.6. The van der Waals surface area contributed by atoms with E-state index in [0.29, 0.717) is 11.6 Å². The van der Waals surface area contributed by atoms with E-state index in [1.807, 2.05) is 16.2 Å². The standard InChI is InChI=1S/C18H22N4O2S/c1-21-16(23)7-6-14(20-21)18(24)22-10-8-12(9-11-22)17-19-13-4-2-3-5-15(13)25-17/h6-7,12H,2-5,8-11H2,1H3. The molecule has 25 heavy (non-hydrogen) atoms. The number of nitrogens with zero attached hydrogens (tertiary/aromatic N) is 4. The SMILES string of the molecule is Cn1nc(C(=O)N2CCC(c3nc4c(s3)CCCC4)CC2)ccc1=O. The molecular formula is C18H22N4O2S. The molecule has 0 N–H and O–H groups in total. The molecule has 1 aliphatic heterocycles. The van der Waals surface area contributed by atoms with Crippen LogP contribution < -0.4 is 5.56 Å². The number of hydrogen-bond acceptors (Lipinski definition) is 5. The Morgan fingerprint density at radius 2 is 1.96 bits per heavy atom. The molecule has 0 unspecified atom stereocenters. The number of aromatic nitrogens is 3. The Balaban J connectivity index is 1.42. The van der Waals surface area contributed by atoms with Crippen LogP contribution in [0.25, 0.3) is 0 Å². The molecule has 0 spiro atoms. The third-order valence-corrected chi connectivity index (χ3v) is 6.49. The summed E-state index contributed by atoms with van der Waals surface area (Å²) in [6, 6.07) is 2.92. The average Bonchev–Trinajstić information content (AvgIpc) is 3.08. The Morgan fingerprint density at radius 1 is 1.20 bits per heavy atom. The first-order valence-corrected chi connectivity index (χ1v) is 9.75. The monoisotopic (exact) mass is 358 g/mol. The van der Waals surface area contributed by atoms with Crippen LogP contribution in [0.15, 0.2) is 16.9 Å². The van der Waals surface area contributed by atoms with Crippen LogP contribution in [-0.2, 0) is 19.9 Å². The van der Waals surface area contributed by atoms with Gasteiger partial charge in [-0.15, -0.1) is 11.3 Å². The molecule has 6 nitrogen and oxygen atoms in total. The fourth-order valence-electron chi connectivity index (χ4n) is 3.65. The fourth-order valence-corrected chi connectivity index (χ4v) is 4.98. The van der Waals surface area contributed by atoms with Crippen molar-refractivity contribution in [2.24, 2.45) is 7.05 Å². The second-order valence-electron chi connectivity index (χ2n) is 6.88. The number of carbonyl (C=O) groups is 1. The largest absolute Gasteiger partial charge is 0.337 e. The zero-order chi connectivity index (χ0) is 17.4. The van der Waals surface area contributed by atoms with Gasteiger partial charge < -0.3 is 4.90 Å². The van der Waals surface area contributed by atoms with Crippen molar-refractivity contribution in [2.75, 3.05) is 13.1 Å². The van der Waals surface area contributed by atoms with Gasteiger partial charge in [0.25, 0.3) is 11.5 Å². The van der Waals surface area contributed by atoms with Crippen LogP contribution in [0.4, 0.5) is 0 Å². The second-order valence-corrected chi connectivity index (χ2v) is 7.99. The van der Waals surface area contributed by atoms with Crippen molar-refractivity contribution in [1.82, 2.24) is 19.7 Å². The van der Waals surface area contributed by atoms with Crippen molar-refractivity contribution in [3.63, 3.8) is 0 Å². The van der Waals surface area contributed by atoms with Gasteiger partial charge in [-0.2, -0.15) is 5.10 Å². The molecule has 1 aliphatic carbocycles. The molecule has 132 valence electrons. The Hall–Kier alpha value is -2.02. The van der Waals surface area contributed by atoms with E-state index in [2.05, 4.69) is 5.10 Å². The molecule has 0 aromatic carbocycles. The first-order chi connectivity index (χ1) is 12.1. The van der Waals surface area contributed by atoms with Gasteiger partial charge in [0, 0.05) is 37.0 Å². The van der Waals surface area contributed by atoms with Crippen molar-refractivity contribution in [1.29, 1.82) is 0 Å². The third kappa shape index (κ3) is 3.25. The van der Waals surface area contributed by atoms with E-state index in [-0.39, 0.29) is 11.5 Å². The summed E-state index contributed by atoms with van der Waals surface area (Å²) in [5.41, 5.74) is 1.45. The van der Waals surface area contributed by atoms with Gasteiger partial charge in [-0.1, -0.05) is 0 Å². The van der Waals surface area contributed by atoms with Crippen LogP contribution in [0.2, 0.25) is 0 Å². The number of fused-ring (bicyclic) bond motifs is 1. The molecule has 4 rings (SSSR count). The average molecular weight is 358 g/mol. The summed E-state index contributed by atoms with van der Waals surface area (Å²) >= 11 is 1.89. The van der Waals surface area contributed by atoms with Crippen LogP contribution in [0.3, 0.4) is 0 Å². The van der Waals surface area contributed by atoms with E-state index in [9.17, 15) is 9.59 Å². The van der Waals surface area contributed by atoms with Crippen molar-refractivity contribution in [3.8, 4) is 0 Å². The lowest BCUT2D eigenvalue weighted by molar-refractivity contribution is 0.0704. The number of likely N-dealkylation sites (tertiary alicyclic amines) is 1. The van der Waals surface area contributed by atoms with Crippen molar-refractivity contribution < 1.29 is 4.79 Å². The number of amides is 1. The maximum Gasteiger partial charge on any atom is 0.274 e. The quantitative estimate of drug-likeness (QED) is 0.825. The summed E-state index contributed by atoms with van der Waals surface area (Å²) in [6.07, 6.45) is 6.75. The van der Waals surface area contributed by atoms with Gasteiger partial charge in [0.2, 0.25) is 0 Å². The van der Waals surface area contributed by atoms with Crippen molar-refractivity contribution >= 4 is 17.2 Å². The van der Waals surface area contributed by atoms with E-state index in [0.717, 1.165) is 32.4 Å². The zero-order valence-electron chi connectivity index (χ0n) is 14.4. The van der Waals surface area contributed by atoms with Crippen LogP contribution >= 0.6 is 11.3 Å². The Kier molecular flexibility index (Phi) is 4.41. The highest BCUT2D eigenvalue weighted by molar-refractivity contribution is 7.11. The smallest absolute Gasteiger partial charge is 0.274 e. The van der Waals surface area contributed by atoms with E-state index in [1.54, 1.807) is 7.05 Å². The summed E-state index contributed by atoms with van der Waals surface area (Å²) in [5.74, 6) is 0.375. The molecule has 0 radical (unpaired) electrons. The topological polar surface area (TPSA) is 68.1 Å². The molecule has 1 saturated heterocycles. The van der Waals surface area contributed by atoms with Crippen molar-refractivity contribution in [3.05, 3.63) is 43.8 Å². The molecule has 0 saturated carbocycles. The van der Waals surface area contributed by atoms with Crippen LogP contribution in [0.5, 0.6) is 0 Å². The van der Waals surface area contributed by atoms with Gasteiger partial charge in [-0.25, -0.2) is 9.67 Å². The van der Waals surface area contributed by atoms with E-state index < -0.39 is 0 Å². The number of hydrogen-bond donors (Lipinski definition) is 0. The van der Waals surface area contributed by atoms with E-state index in [1.165, 1.54) is 51.7 Å². The molecule has 3 heterocycles. The number of thiazole rings is 1. The number of carbonyl (C=O) groups excluding carboxylic acids is 1. The van der Waals surface area contributed by atoms with Gasteiger partial charge >= 0.3 is 0 Å². The minimum atomic E-state index is -0.206. The molecule has 1 amide bonds. The summed E-state index contributed by atoms with van der Waals surface area (Å²) in [6.45, 7) is 1.44. The van der Waals surface area contributed by atoms with Gasteiger partial charge in [-0.3, -0.25) is 9.59 Å². The van der Waals surface area contributed by atoms with Gasteiger partial charge in [0.15, 0.2) is 0 Å². The van der Waals surface area contributed by atoms with Gasteiger partial charge in [0.1, 0.15) is 5.69 Å². The van der Waals surface area contributed by atoms with Crippen LogP contribution in [0, 0.1) is 0 Å². The van der Waals surface area contributed by atoms with Gasteiger partial charge in [0.05, 0.1) is 10.7 Å². The number of piperidine rings is 1. The lowest BCUT2D eigenvalue weighted by Gasteiger charge is -2.30. The minimum Gasteiger partial charge on any atom is -0.337 e. The van der Waals surface area contributed by atoms with Crippen molar-refractivity contribution in [2.45, 2.75) is 44.4 Å². The summed E-state index contributed by atoms with van der Waals surface area (Å²) < 4.78 is 1.21. The Labute approximate surface area is 150 Å². The van der Waals surface area contributed by atoms with E-state index in [4.69, 9.17) is 4.98 Å². The first kappa shape index (κ1) is 16.4. The molecule has 7 heteroatoms. The minimum absolute atomic E-state index is 0.0903. The predicted octanol–water partition coefficient (Wildman–Crippen LogP) is 2.14. The number of aryl methyl sites for hydroxylation is 3. The Morgan fingerprint density at radius 3 is 2.68 bits per heavy atom. The molecular weight excluding hydrogens is 336 g/mol. The molecule has 1 fully saturated rings. The second kappa shape index (κ2) is 6.71. The van der Waals surface area contributed by atoms with Crippen LogP contribution in [-0.4, -0.2) is 38.7 Å². The molecule has 2 aromatic heterocycles. The third-order valence-electron chi connectivity index (χ3n) is 5.17. The molecule has 2 aliphatic rings. The summed E-state index contributed by atoms with van der Waals surface area (Å²) in [7, 11) is 1.57. The van der Waals surface area contributed by atoms with Crippen LogP contribution in [0.1, 0.15) is 57.7 Å². The summed E-state index contributed by atoms with van der Waals surface area (Å²) in [5, 5.41) is 5.33. The number of rotatable bonds is 2. The normalized spacial score (nSPS) is 18.2. The molecule has 2 aromatic rings. The van der Waals surface area contributed by atoms with E-state index >= 15 is 0 Å². The molecule has 0 atom stereocenters. The predicted molar refractivity (Wildman–Crippen MR) is 96.1 cm³/mol. The molecule has 0 bridgehead atoms. The first-order valence-electron chi connectivity index (χ1n) is 8.94. The summed E-state index contributed by atoms with van der Waals surface area (Å²) in [4.78, 5) is 32.2. The lowest BCUT2D eigenvalue weighted by atomic mass is 9.97. The van der Waals surface area contributed by atoms with Gasteiger partial charge in [-0.05, 0) is 44.6 Å². The Bertz CT molecular complexity index is 826. The highest BCUT2D eigenvalue weighted by Crippen LogP contribution is 2.35. The highest BCUT2D eigenvalue weighted by atomic mass is 32.1. The maximum atomic E-state index is 12.6. The zero-order valence-corrected chi connectivity index (χ0v) is 15.2. The highest BCUT2D eigenvalue weighted by Gasteiger charge is 2.28. The lowest BCUT2D eigenvalue weighted by Crippen LogP contribution is -2.39.